The van der Waals surface area contributed by atoms with Crippen molar-refractivity contribution >= 4 is 17.8 Å². The zero-order valence-corrected chi connectivity index (χ0v) is 18.1. The number of carbonyl (C=O) groups is 3. The van der Waals surface area contributed by atoms with Gasteiger partial charge >= 0.3 is 11.9 Å². The van der Waals surface area contributed by atoms with E-state index in [0.717, 1.165) is 24.8 Å². The zero-order chi connectivity index (χ0) is 21.8. The SMILES string of the molecule is CCOC(=O)CN1CCCCCC(N[C@@H](CCc2ccccc2)C(=O)OCC)C1=O. The first-order valence-electron chi connectivity index (χ1n) is 11.0. The summed E-state index contributed by atoms with van der Waals surface area (Å²) >= 11 is 0. The van der Waals surface area contributed by atoms with Crippen LogP contribution in [-0.2, 0) is 30.3 Å². The molecule has 30 heavy (non-hydrogen) atoms. The van der Waals surface area contributed by atoms with Crippen molar-refractivity contribution in [2.24, 2.45) is 0 Å². The van der Waals surface area contributed by atoms with E-state index in [1.165, 1.54) is 0 Å². The predicted octanol–water partition coefficient (Wildman–Crippen LogP) is 2.47. The second kappa shape index (κ2) is 13.0. The van der Waals surface area contributed by atoms with Crippen LogP contribution in [0.1, 0.15) is 51.5 Å². The summed E-state index contributed by atoms with van der Waals surface area (Å²) in [4.78, 5) is 39.2. The molecular weight excluding hydrogens is 384 g/mol. The number of hydrogen-bond donors (Lipinski definition) is 1. The van der Waals surface area contributed by atoms with E-state index in [1.54, 1.807) is 18.7 Å². The fraction of sp³-hybridized carbons (Fsp3) is 0.609. The van der Waals surface area contributed by atoms with Gasteiger partial charge in [-0.25, -0.2) is 0 Å². The molecule has 0 saturated carbocycles. The summed E-state index contributed by atoms with van der Waals surface area (Å²) < 4.78 is 10.3. The van der Waals surface area contributed by atoms with Crippen molar-refractivity contribution in [1.29, 1.82) is 0 Å². The van der Waals surface area contributed by atoms with Gasteiger partial charge in [-0.3, -0.25) is 19.7 Å². The van der Waals surface area contributed by atoms with Gasteiger partial charge in [0.15, 0.2) is 0 Å². The van der Waals surface area contributed by atoms with E-state index in [1.807, 2.05) is 30.3 Å². The average Bonchev–Trinajstić information content (AvgIpc) is 2.73. The lowest BCUT2D eigenvalue weighted by Crippen LogP contribution is -2.54. The molecule has 7 heteroatoms. The topological polar surface area (TPSA) is 84.9 Å². The Morgan fingerprint density at radius 1 is 1.10 bits per heavy atom. The smallest absolute Gasteiger partial charge is 0.325 e. The Hall–Kier alpha value is -2.41. The van der Waals surface area contributed by atoms with Crippen LogP contribution >= 0.6 is 0 Å². The monoisotopic (exact) mass is 418 g/mol. The molecule has 1 heterocycles. The Bertz CT molecular complexity index is 679. The molecule has 2 atom stereocenters. The lowest BCUT2D eigenvalue weighted by atomic mass is 10.00. The molecule has 166 valence electrons. The maximum Gasteiger partial charge on any atom is 0.325 e. The lowest BCUT2D eigenvalue weighted by molar-refractivity contribution is -0.151. The van der Waals surface area contributed by atoms with Crippen molar-refractivity contribution in [1.82, 2.24) is 10.2 Å². The van der Waals surface area contributed by atoms with Crippen molar-refractivity contribution in [2.45, 2.75) is 64.5 Å². The summed E-state index contributed by atoms with van der Waals surface area (Å²) in [5.41, 5.74) is 1.13. The molecule has 1 aliphatic heterocycles. The van der Waals surface area contributed by atoms with Crippen LogP contribution in [-0.4, -0.2) is 61.1 Å². The maximum atomic E-state index is 13.1. The summed E-state index contributed by atoms with van der Waals surface area (Å²) in [6.45, 7) is 4.55. The average molecular weight is 419 g/mol. The van der Waals surface area contributed by atoms with Crippen LogP contribution in [0.2, 0.25) is 0 Å². The van der Waals surface area contributed by atoms with E-state index in [-0.39, 0.29) is 31.6 Å². The molecule has 2 rings (SSSR count). The maximum absolute atomic E-state index is 13.1. The molecule has 0 spiro atoms. The number of benzene rings is 1. The Kier molecular flexibility index (Phi) is 10.3. The number of nitrogens with zero attached hydrogens (tertiary/aromatic N) is 1. The van der Waals surface area contributed by atoms with Crippen LogP contribution in [0.4, 0.5) is 0 Å². The van der Waals surface area contributed by atoms with Gasteiger partial charge in [-0.05, 0) is 45.1 Å². The van der Waals surface area contributed by atoms with Gasteiger partial charge in [0.05, 0.1) is 19.3 Å². The number of ether oxygens (including phenoxy) is 2. The molecule has 0 bridgehead atoms. The van der Waals surface area contributed by atoms with Crippen LogP contribution < -0.4 is 5.32 Å². The minimum Gasteiger partial charge on any atom is -0.465 e. The van der Waals surface area contributed by atoms with E-state index in [4.69, 9.17) is 9.47 Å². The Morgan fingerprint density at radius 3 is 2.53 bits per heavy atom. The van der Waals surface area contributed by atoms with Gasteiger partial charge in [0, 0.05) is 6.54 Å². The minimum absolute atomic E-state index is 0.0566. The van der Waals surface area contributed by atoms with Gasteiger partial charge in [0.1, 0.15) is 12.6 Å². The number of likely N-dealkylation sites (tertiary alicyclic amines) is 1. The normalized spacial score (nSPS) is 18.3. The standard InChI is InChI=1S/C23H34N2O5/c1-3-29-21(26)17-25-16-10-6-9-13-19(22(25)27)24-20(23(28)30-4-2)15-14-18-11-7-5-8-12-18/h5,7-8,11-12,19-20,24H,3-4,6,9-10,13-17H2,1-2H3/t19?,20-/m0/s1. The van der Waals surface area contributed by atoms with Crippen molar-refractivity contribution in [3.8, 4) is 0 Å². The zero-order valence-electron chi connectivity index (χ0n) is 18.1. The summed E-state index contributed by atoms with van der Waals surface area (Å²) in [5.74, 6) is -0.909. The second-order valence-corrected chi connectivity index (χ2v) is 7.46. The van der Waals surface area contributed by atoms with E-state index in [9.17, 15) is 14.4 Å². The Labute approximate surface area is 179 Å². The van der Waals surface area contributed by atoms with Crippen molar-refractivity contribution in [2.75, 3.05) is 26.3 Å². The molecule has 7 nitrogen and oxygen atoms in total. The lowest BCUT2D eigenvalue weighted by Gasteiger charge is -2.31. The molecule has 0 aliphatic carbocycles. The van der Waals surface area contributed by atoms with E-state index >= 15 is 0 Å². The molecule has 1 N–H and O–H groups in total. The fourth-order valence-electron chi connectivity index (χ4n) is 3.67. The third kappa shape index (κ3) is 7.78. The van der Waals surface area contributed by atoms with Crippen LogP contribution in [0.5, 0.6) is 0 Å². The van der Waals surface area contributed by atoms with Gasteiger partial charge in [0.2, 0.25) is 5.91 Å². The quantitative estimate of drug-likeness (QED) is 0.588. The number of esters is 2. The number of hydrogen-bond acceptors (Lipinski definition) is 6. The highest BCUT2D eigenvalue weighted by Crippen LogP contribution is 2.15. The second-order valence-electron chi connectivity index (χ2n) is 7.46. The molecule has 1 fully saturated rings. The van der Waals surface area contributed by atoms with Gasteiger partial charge in [-0.2, -0.15) is 0 Å². The number of carbonyl (C=O) groups excluding carboxylic acids is 3. The summed E-state index contributed by atoms with van der Waals surface area (Å²) in [5, 5.41) is 3.25. The van der Waals surface area contributed by atoms with Crippen LogP contribution in [0.15, 0.2) is 30.3 Å². The van der Waals surface area contributed by atoms with E-state index in [0.29, 0.717) is 25.8 Å². The molecule has 1 aliphatic rings. The molecular formula is C23H34N2O5. The minimum atomic E-state index is -0.581. The third-order valence-corrected chi connectivity index (χ3v) is 5.19. The van der Waals surface area contributed by atoms with E-state index < -0.39 is 18.1 Å². The number of nitrogens with one attached hydrogen (secondary N) is 1. The fourth-order valence-corrected chi connectivity index (χ4v) is 3.67. The first-order chi connectivity index (χ1) is 14.5. The number of aryl methyl sites for hydroxylation is 1. The largest absolute Gasteiger partial charge is 0.465 e. The first-order valence-corrected chi connectivity index (χ1v) is 11.0. The van der Waals surface area contributed by atoms with Gasteiger partial charge in [0.25, 0.3) is 0 Å². The predicted molar refractivity (Wildman–Crippen MR) is 114 cm³/mol. The summed E-state index contributed by atoms with van der Waals surface area (Å²) in [7, 11) is 0. The van der Waals surface area contributed by atoms with Crippen LogP contribution in [0, 0.1) is 0 Å². The summed E-state index contributed by atoms with van der Waals surface area (Å²) in [6.07, 6.45) is 4.58. The van der Waals surface area contributed by atoms with Crippen molar-refractivity contribution in [3.05, 3.63) is 35.9 Å². The highest BCUT2D eigenvalue weighted by atomic mass is 16.5. The number of amides is 1. The summed E-state index contributed by atoms with van der Waals surface area (Å²) in [6, 6.07) is 8.82. The highest BCUT2D eigenvalue weighted by molar-refractivity contribution is 5.86. The first kappa shape index (κ1) is 23.9. The van der Waals surface area contributed by atoms with Gasteiger partial charge < -0.3 is 14.4 Å². The van der Waals surface area contributed by atoms with Gasteiger partial charge in [-0.15, -0.1) is 0 Å². The number of rotatable bonds is 10. The van der Waals surface area contributed by atoms with Crippen molar-refractivity contribution in [3.63, 3.8) is 0 Å². The van der Waals surface area contributed by atoms with Gasteiger partial charge in [-0.1, -0.05) is 43.2 Å². The Balaban J connectivity index is 2.08. The van der Waals surface area contributed by atoms with E-state index in [2.05, 4.69) is 5.32 Å². The van der Waals surface area contributed by atoms with Crippen molar-refractivity contribution < 1.29 is 23.9 Å². The molecule has 1 aromatic carbocycles. The molecule has 0 radical (unpaired) electrons. The molecule has 0 aromatic heterocycles. The molecule has 1 amide bonds. The molecule has 1 aromatic rings. The van der Waals surface area contributed by atoms with Crippen LogP contribution in [0.3, 0.4) is 0 Å². The van der Waals surface area contributed by atoms with Crippen LogP contribution in [0.25, 0.3) is 0 Å². The molecule has 1 unspecified atom stereocenters. The molecule has 1 saturated heterocycles. The third-order valence-electron chi connectivity index (χ3n) is 5.19. The highest BCUT2D eigenvalue weighted by Gasteiger charge is 2.31. The Morgan fingerprint density at radius 2 is 1.83 bits per heavy atom.